The van der Waals surface area contributed by atoms with Crippen LogP contribution in [0.2, 0.25) is 0 Å². The van der Waals surface area contributed by atoms with Gasteiger partial charge in [-0.1, -0.05) is 32.9 Å². The Labute approximate surface area is 145 Å². The topological polar surface area (TPSA) is 37.3 Å². The van der Waals surface area contributed by atoms with Gasteiger partial charge in [0.2, 0.25) is 0 Å². The normalized spacial score (nSPS) is 47.8. The number of fused-ring (bicyclic) bond motifs is 5. The predicted molar refractivity (Wildman–Crippen MR) is 96.4 cm³/mol. The molecule has 24 heavy (non-hydrogen) atoms. The average molecular weight is 326 g/mol. The van der Waals surface area contributed by atoms with Gasteiger partial charge in [0, 0.05) is 11.8 Å². The first-order valence-corrected chi connectivity index (χ1v) is 9.70. The van der Waals surface area contributed by atoms with Gasteiger partial charge in [-0.2, -0.15) is 0 Å². The molecule has 0 aromatic heterocycles. The van der Waals surface area contributed by atoms with Gasteiger partial charge in [0.1, 0.15) is 12.0 Å². The second-order valence-electron chi connectivity index (χ2n) is 9.11. The Balaban J connectivity index is 1.66. The summed E-state index contributed by atoms with van der Waals surface area (Å²) >= 11 is 0. The number of allylic oxidation sites excluding steroid dienone is 5. The van der Waals surface area contributed by atoms with Gasteiger partial charge < -0.3 is 9.90 Å². The summed E-state index contributed by atoms with van der Waals surface area (Å²) in [7, 11) is 0. The summed E-state index contributed by atoms with van der Waals surface area (Å²) in [6.07, 6.45) is 14.6. The number of hydrogen-bond donors (Lipinski definition) is 1. The lowest BCUT2D eigenvalue weighted by Gasteiger charge is -2.53. The van der Waals surface area contributed by atoms with Crippen LogP contribution >= 0.6 is 0 Å². The van der Waals surface area contributed by atoms with Crippen LogP contribution in [0, 0.1) is 46.8 Å². The number of rotatable bonds is 2. The van der Waals surface area contributed by atoms with E-state index in [1.807, 2.05) is 12.2 Å². The van der Waals surface area contributed by atoms with E-state index in [1.165, 1.54) is 31.1 Å². The number of aliphatic hydroxyl groups is 1. The minimum atomic E-state index is 0.177. The Morgan fingerprint density at radius 2 is 2.17 bits per heavy atom. The van der Waals surface area contributed by atoms with Crippen LogP contribution in [-0.4, -0.2) is 11.4 Å². The standard InChI is InChI=1S/C22H30O2/c1-13-10-20-19-6-4-15-11-16(24)5-7-17(15)18(19)8-9-22(20,3)21(13)14(2)12-23/h4-5,7,11-14,17-21,24H,6,8-10H2,1-3H3/t13-,14?,17-,18-,19-,20+,21-,22+/m1/s1. The third-order valence-electron chi connectivity index (χ3n) is 7.97. The van der Waals surface area contributed by atoms with Crippen LogP contribution in [0.15, 0.2) is 35.6 Å². The highest BCUT2D eigenvalue weighted by Gasteiger charge is 2.58. The summed E-state index contributed by atoms with van der Waals surface area (Å²) in [6.45, 7) is 6.97. The maximum Gasteiger partial charge on any atom is 0.123 e. The number of hydrogen-bond acceptors (Lipinski definition) is 2. The predicted octanol–water partition coefficient (Wildman–Crippen LogP) is 5.08. The van der Waals surface area contributed by atoms with Gasteiger partial charge in [-0.15, -0.1) is 0 Å². The van der Waals surface area contributed by atoms with E-state index in [1.54, 1.807) is 0 Å². The number of aliphatic hydroxyl groups excluding tert-OH is 1. The first-order valence-electron chi connectivity index (χ1n) is 9.70. The highest BCUT2D eigenvalue weighted by molar-refractivity contribution is 5.54. The van der Waals surface area contributed by atoms with Crippen LogP contribution < -0.4 is 0 Å². The molecule has 0 bridgehead atoms. The quantitative estimate of drug-likeness (QED) is 0.718. The van der Waals surface area contributed by atoms with E-state index < -0.39 is 0 Å². The van der Waals surface area contributed by atoms with E-state index in [9.17, 15) is 9.90 Å². The maximum absolute atomic E-state index is 11.5. The van der Waals surface area contributed by atoms with Crippen LogP contribution in [0.25, 0.3) is 0 Å². The molecule has 0 aromatic carbocycles. The first kappa shape index (κ1) is 16.2. The van der Waals surface area contributed by atoms with Crippen LogP contribution in [0.5, 0.6) is 0 Å². The van der Waals surface area contributed by atoms with E-state index in [0.717, 1.165) is 18.3 Å². The van der Waals surface area contributed by atoms with Crippen LogP contribution in [0.1, 0.15) is 46.5 Å². The lowest BCUT2D eigenvalue weighted by Crippen LogP contribution is -2.46. The van der Waals surface area contributed by atoms with Crippen molar-refractivity contribution in [3.63, 3.8) is 0 Å². The van der Waals surface area contributed by atoms with Crippen molar-refractivity contribution >= 4 is 6.29 Å². The molecular formula is C22H30O2. The van der Waals surface area contributed by atoms with Crippen LogP contribution in [0.4, 0.5) is 0 Å². The Kier molecular flexibility index (Phi) is 3.78. The van der Waals surface area contributed by atoms with E-state index in [-0.39, 0.29) is 5.92 Å². The molecule has 0 amide bonds. The molecular weight excluding hydrogens is 296 g/mol. The minimum Gasteiger partial charge on any atom is -0.508 e. The molecule has 8 atom stereocenters. The molecule has 130 valence electrons. The zero-order valence-corrected chi connectivity index (χ0v) is 15.1. The molecule has 0 spiro atoms. The average Bonchev–Trinajstić information content (AvgIpc) is 2.84. The summed E-state index contributed by atoms with van der Waals surface area (Å²) in [5.41, 5.74) is 1.64. The van der Waals surface area contributed by atoms with E-state index in [2.05, 4.69) is 32.9 Å². The van der Waals surface area contributed by atoms with Gasteiger partial charge in [0.25, 0.3) is 0 Å². The molecule has 0 aliphatic heterocycles. The van der Waals surface area contributed by atoms with Crippen molar-refractivity contribution in [3.05, 3.63) is 35.6 Å². The van der Waals surface area contributed by atoms with Gasteiger partial charge in [-0.3, -0.25) is 0 Å². The molecule has 4 aliphatic rings. The van der Waals surface area contributed by atoms with Gasteiger partial charge in [0.15, 0.2) is 0 Å². The lowest BCUT2D eigenvalue weighted by atomic mass is 9.52. The summed E-state index contributed by atoms with van der Waals surface area (Å²) in [6, 6.07) is 0. The molecule has 1 unspecified atom stereocenters. The second-order valence-corrected chi connectivity index (χ2v) is 9.11. The molecule has 4 rings (SSSR count). The van der Waals surface area contributed by atoms with Gasteiger partial charge >= 0.3 is 0 Å². The highest BCUT2D eigenvalue weighted by atomic mass is 16.3. The van der Waals surface area contributed by atoms with Crippen molar-refractivity contribution < 1.29 is 9.90 Å². The Morgan fingerprint density at radius 1 is 1.38 bits per heavy atom. The van der Waals surface area contributed by atoms with Crippen molar-refractivity contribution in [1.29, 1.82) is 0 Å². The van der Waals surface area contributed by atoms with Gasteiger partial charge in [-0.25, -0.2) is 0 Å². The second kappa shape index (κ2) is 5.61. The third kappa shape index (κ3) is 2.18. The zero-order valence-electron chi connectivity index (χ0n) is 15.1. The summed E-state index contributed by atoms with van der Waals surface area (Å²) in [4.78, 5) is 11.5. The first-order chi connectivity index (χ1) is 11.5. The summed E-state index contributed by atoms with van der Waals surface area (Å²) in [5.74, 6) is 4.43. The van der Waals surface area contributed by atoms with Gasteiger partial charge in [-0.05, 0) is 78.4 Å². The molecule has 1 N–H and O–H groups in total. The molecule has 2 saturated carbocycles. The van der Waals surface area contributed by atoms with Crippen molar-refractivity contribution in [2.24, 2.45) is 46.8 Å². The lowest BCUT2D eigenvalue weighted by molar-refractivity contribution is -0.115. The molecule has 2 nitrogen and oxygen atoms in total. The summed E-state index contributed by atoms with van der Waals surface area (Å²) < 4.78 is 0. The molecule has 2 heteroatoms. The largest absolute Gasteiger partial charge is 0.508 e. The third-order valence-corrected chi connectivity index (χ3v) is 7.97. The summed E-state index contributed by atoms with van der Waals surface area (Å²) in [5, 5.41) is 9.79. The van der Waals surface area contributed by atoms with E-state index in [0.29, 0.717) is 34.8 Å². The van der Waals surface area contributed by atoms with Crippen molar-refractivity contribution in [3.8, 4) is 0 Å². The number of carbonyl (C=O) groups excluding carboxylic acids is 1. The van der Waals surface area contributed by atoms with E-state index >= 15 is 0 Å². The minimum absolute atomic E-state index is 0.177. The Morgan fingerprint density at radius 3 is 2.92 bits per heavy atom. The van der Waals surface area contributed by atoms with Gasteiger partial charge in [0.05, 0.1) is 0 Å². The molecule has 2 fully saturated rings. The SMILES string of the molecule is CC(C=O)[C@H]1[C@H](C)C[C@H]2[C@@H]3CC=C4C=C(O)C=C[C@H]4[C@H]3CC[C@@]21C. The highest BCUT2D eigenvalue weighted by Crippen LogP contribution is 2.65. The fraction of sp³-hybridized carbons (Fsp3) is 0.682. The molecule has 0 radical (unpaired) electrons. The fourth-order valence-corrected chi connectivity index (χ4v) is 7.19. The monoisotopic (exact) mass is 326 g/mol. The molecule has 0 heterocycles. The van der Waals surface area contributed by atoms with E-state index in [4.69, 9.17) is 0 Å². The number of aldehydes is 1. The number of carbonyl (C=O) groups is 1. The zero-order chi connectivity index (χ0) is 17.1. The Bertz CT molecular complexity index is 628. The molecule has 4 aliphatic carbocycles. The molecule has 0 saturated heterocycles. The maximum atomic E-state index is 11.5. The van der Waals surface area contributed by atoms with Crippen molar-refractivity contribution in [1.82, 2.24) is 0 Å². The smallest absolute Gasteiger partial charge is 0.123 e. The van der Waals surface area contributed by atoms with Crippen LogP contribution in [-0.2, 0) is 4.79 Å². The molecule has 0 aromatic rings. The van der Waals surface area contributed by atoms with Crippen LogP contribution in [0.3, 0.4) is 0 Å². The fourth-order valence-electron chi connectivity index (χ4n) is 7.19. The van der Waals surface area contributed by atoms with Crippen molar-refractivity contribution in [2.45, 2.75) is 46.5 Å². The Hall–Kier alpha value is -1.31. The van der Waals surface area contributed by atoms with Crippen molar-refractivity contribution in [2.75, 3.05) is 0 Å².